The molecule has 0 atom stereocenters. The van der Waals surface area contributed by atoms with Gasteiger partial charge in [-0.15, -0.1) is 0 Å². The minimum Gasteiger partial charge on any atom is -0.309 e. The molecule has 2 aliphatic rings. The Morgan fingerprint density at radius 1 is 0.365 bits per heavy atom. The van der Waals surface area contributed by atoms with Crippen LogP contribution in [-0.2, 0) is 0 Å². The predicted molar refractivity (Wildman–Crippen MR) is 264 cm³/mol. The van der Waals surface area contributed by atoms with Crippen LogP contribution in [0.2, 0.25) is 0 Å². The van der Waals surface area contributed by atoms with Crippen molar-refractivity contribution in [1.29, 1.82) is 0 Å². The number of aromatic nitrogens is 3. The number of hydrogen-bond donors (Lipinski definition) is 0. The molecular formula is C58H38N4Si. The van der Waals surface area contributed by atoms with Crippen LogP contribution in [0.15, 0.2) is 231 Å². The number of fused-ring (bicyclic) bond motifs is 13. The van der Waals surface area contributed by atoms with Gasteiger partial charge in [-0.1, -0.05) is 188 Å². The minimum atomic E-state index is -2.97. The Morgan fingerprint density at radius 2 is 0.905 bits per heavy atom. The molecule has 0 fully saturated rings. The fourth-order valence-electron chi connectivity index (χ4n) is 10.6. The predicted octanol–water partition coefficient (Wildman–Crippen LogP) is 11.7. The van der Waals surface area contributed by atoms with Gasteiger partial charge in [0.1, 0.15) is 0 Å². The van der Waals surface area contributed by atoms with Crippen molar-refractivity contribution in [2.75, 3.05) is 4.90 Å². The standard InChI is InChI=1S/C58H38N4Si/c1-4-19-39(20-5-1)42-25-18-26-43(37-42)61-48-29-12-10-27-44(48)56-51(61)35-36-55-57(56)45-28-11-15-32-52(45)63(55)53-33-16-13-30-49(53)62(50-31-14-17-34-54(50)63)58-59-46(40-21-6-2-7-22-40)38-47(60-58)41-23-8-3-9-24-41/h1-38H. The number of benzene rings is 9. The zero-order valence-electron chi connectivity index (χ0n) is 34.2. The molecule has 13 rings (SSSR count). The molecule has 0 bridgehead atoms. The van der Waals surface area contributed by atoms with Gasteiger partial charge in [-0.3, -0.25) is 4.90 Å². The second-order valence-corrected chi connectivity index (χ2v) is 20.1. The zero-order chi connectivity index (χ0) is 41.5. The number of nitrogens with zero attached hydrogens (tertiary/aromatic N) is 4. The van der Waals surface area contributed by atoms with Crippen LogP contribution in [0.25, 0.3) is 72.3 Å². The maximum atomic E-state index is 5.41. The lowest BCUT2D eigenvalue weighted by atomic mass is 9.99. The Balaban J connectivity index is 1.09. The summed E-state index contributed by atoms with van der Waals surface area (Å²) in [6.07, 6.45) is 0. The van der Waals surface area contributed by atoms with Crippen LogP contribution < -0.4 is 25.6 Å². The third-order valence-electron chi connectivity index (χ3n) is 13.2. The van der Waals surface area contributed by atoms with E-state index in [-0.39, 0.29) is 0 Å². The minimum absolute atomic E-state index is 0.654. The summed E-state index contributed by atoms with van der Waals surface area (Å²) in [5, 5.41) is 8.06. The van der Waals surface area contributed by atoms with Crippen molar-refractivity contribution in [3.63, 3.8) is 0 Å². The number of hydrogen-bond acceptors (Lipinski definition) is 3. The average molecular weight is 819 g/mol. The van der Waals surface area contributed by atoms with Crippen molar-refractivity contribution < 1.29 is 0 Å². The van der Waals surface area contributed by atoms with Crippen molar-refractivity contribution in [2.45, 2.75) is 0 Å². The van der Waals surface area contributed by atoms with E-state index in [1.807, 2.05) is 0 Å². The van der Waals surface area contributed by atoms with E-state index in [0.29, 0.717) is 5.95 Å². The van der Waals surface area contributed by atoms with Gasteiger partial charge in [0.05, 0.1) is 22.4 Å². The summed E-state index contributed by atoms with van der Waals surface area (Å²) in [6.45, 7) is 0. The van der Waals surface area contributed by atoms with Crippen LogP contribution in [0.5, 0.6) is 0 Å². The van der Waals surface area contributed by atoms with Gasteiger partial charge in [0.25, 0.3) is 0 Å². The van der Waals surface area contributed by atoms with Crippen LogP contribution in [0.3, 0.4) is 0 Å². The highest BCUT2D eigenvalue weighted by Crippen LogP contribution is 2.45. The summed E-state index contributed by atoms with van der Waals surface area (Å²) in [4.78, 5) is 13.2. The molecule has 2 aliphatic heterocycles. The second-order valence-electron chi connectivity index (χ2n) is 16.5. The van der Waals surface area contributed by atoms with Gasteiger partial charge < -0.3 is 4.57 Å². The molecule has 294 valence electrons. The SMILES string of the molecule is c1ccc(-c2cccc(-n3c4ccccc4c4c5c(ccc43)[Si]3(c4ccccc4-5)c4ccccc4N(c4nc(-c5ccccc5)cc(-c5ccccc5)n4)c4ccccc43)c2)cc1. The van der Waals surface area contributed by atoms with E-state index in [0.717, 1.165) is 39.6 Å². The molecule has 2 aromatic heterocycles. The molecule has 11 aromatic rings. The van der Waals surface area contributed by atoms with E-state index in [2.05, 4.69) is 240 Å². The fourth-order valence-corrected chi connectivity index (χ4v) is 16.2. The Hall–Kier alpha value is -8.12. The van der Waals surface area contributed by atoms with Crippen molar-refractivity contribution >= 4 is 67.9 Å². The quantitative estimate of drug-likeness (QED) is 0.162. The third kappa shape index (κ3) is 5.21. The van der Waals surface area contributed by atoms with E-state index < -0.39 is 8.07 Å². The van der Waals surface area contributed by atoms with Gasteiger partial charge in [0.2, 0.25) is 5.95 Å². The summed E-state index contributed by atoms with van der Waals surface area (Å²) in [5.41, 5.74) is 14.7. The molecule has 4 heterocycles. The molecule has 9 aromatic carbocycles. The van der Waals surface area contributed by atoms with Crippen molar-refractivity contribution in [1.82, 2.24) is 14.5 Å². The Morgan fingerprint density at radius 3 is 1.57 bits per heavy atom. The first-order valence-corrected chi connectivity index (χ1v) is 23.6. The molecule has 0 radical (unpaired) electrons. The van der Waals surface area contributed by atoms with Gasteiger partial charge in [-0.2, -0.15) is 0 Å². The highest BCUT2D eigenvalue weighted by atomic mass is 28.3. The third-order valence-corrected chi connectivity index (χ3v) is 18.1. The Bertz CT molecular complexity index is 3480. The summed E-state index contributed by atoms with van der Waals surface area (Å²) in [6, 6.07) is 83.9. The molecule has 0 amide bonds. The molecule has 0 saturated carbocycles. The molecule has 0 N–H and O–H groups in total. The lowest BCUT2D eigenvalue weighted by Gasteiger charge is -2.42. The first kappa shape index (κ1) is 35.6. The fraction of sp³-hybridized carbons (Fsp3) is 0. The molecule has 5 heteroatoms. The first-order valence-electron chi connectivity index (χ1n) is 21.6. The topological polar surface area (TPSA) is 34.0 Å². The molecule has 0 aliphatic carbocycles. The van der Waals surface area contributed by atoms with Crippen LogP contribution >= 0.6 is 0 Å². The molecule has 4 nitrogen and oxygen atoms in total. The lowest BCUT2D eigenvalue weighted by molar-refractivity contribution is 1.09. The summed E-state index contributed by atoms with van der Waals surface area (Å²) >= 11 is 0. The average Bonchev–Trinajstić information content (AvgIpc) is 3.86. The van der Waals surface area contributed by atoms with Crippen molar-refractivity contribution in [3.8, 4) is 50.5 Å². The monoisotopic (exact) mass is 818 g/mol. The largest absolute Gasteiger partial charge is 0.309 e. The summed E-state index contributed by atoms with van der Waals surface area (Å²) < 4.78 is 2.47. The summed E-state index contributed by atoms with van der Waals surface area (Å²) in [7, 11) is -2.97. The van der Waals surface area contributed by atoms with E-state index in [1.165, 1.54) is 64.8 Å². The van der Waals surface area contributed by atoms with Crippen LogP contribution in [0.1, 0.15) is 0 Å². The van der Waals surface area contributed by atoms with Crippen LogP contribution in [-0.4, -0.2) is 22.6 Å². The van der Waals surface area contributed by atoms with Crippen LogP contribution in [0.4, 0.5) is 17.3 Å². The Kier molecular flexibility index (Phi) is 7.89. The van der Waals surface area contributed by atoms with Gasteiger partial charge in [-0.25, -0.2) is 9.97 Å². The number of rotatable bonds is 5. The number of para-hydroxylation sites is 3. The smallest absolute Gasteiger partial charge is 0.235 e. The van der Waals surface area contributed by atoms with Gasteiger partial charge >= 0.3 is 0 Å². The van der Waals surface area contributed by atoms with Gasteiger partial charge in [-0.05, 0) is 85.5 Å². The zero-order valence-corrected chi connectivity index (χ0v) is 35.2. The second kappa shape index (κ2) is 14.0. The molecule has 63 heavy (non-hydrogen) atoms. The van der Waals surface area contributed by atoms with E-state index >= 15 is 0 Å². The molecular weight excluding hydrogens is 781 g/mol. The first-order chi connectivity index (χ1) is 31.3. The van der Waals surface area contributed by atoms with Gasteiger partial charge in [0, 0.05) is 39.0 Å². The van der Waals surface area contributed by atoms with E-state index in [4.69, 9.17) is 9.97 Å². The highest BCUT2D eigenvalue weighted by molar-refractivity contribution is 7.23. The molecule has 1 spiro atoms. The Labute approximate surface area is 366 Å². The van der Waals surface area contributed by atoms with Crippen molar-refractivity contribution in [3.05, 3.63) is 231 Å². The number of anilines is 3. The van der Waals surface area contributed by atoms with Crippen LogP contribution in [0, 0.1) is 0 Å². The molecule has 0 unspecified atom stereocenters. The lowest BCUT2D eigenvalue weighted by Crippen LogP contribution is -2.75. The maximum absolute atomic E-state index is 5.41. The highest BCUT2D eigenvalue weighted by Gasteiger charge is 2.54. The maximum Gasteiger partial charge on any atom is 0.235 e. The van der Waals surface area contributed by atoms with Crippen molar-refractivity contribution in [2.24, 2.45) is 0 Å². The summed E-state index contributed by atoms with van der Waals surface area (Å²) in [5.74, 6) is 0.654. The van der Waals surface area contributed by atoms with E-state index in [1.54, 1.807) is 0 Å². The molecule has 0 saturated heterocycles. The normalized spacial score (nSPS) is 13.2. The van der Waals surface area contributed by atoms with E-state index in [9.17, 15) is 0 Å². The van der Waals surface area contributed by atoms with Gasteiger partial charge in [0.15, 0.2) is 8.07 Å².